The summed E-state index contributed by atoms with van der Waals surface area (Å²) >= 11 is 0. The molecule has 21 aromatic rings. The molecular weight excluding hydrogens is 1340 g/mol. The molecule has 10 nitrogen and oxygen atoms in total. The van der Waals surface area contributed by atoms with Crippen LogP contribution in [0.5, 0.6) is 0 Å². The monoisotopic (exact) mass is 1410 g/mol. The van der Waals surface area contributed by atoms with Crippen LogP contribution in [-0.4, -0.2) is 48.2 Å². The summed E-state index contributed by atoms with van der Waals surface area (Å²) in [6.07, 6.45) is 0. The van der Waals surface area contributed by atoms with Gasteiger partial charge in [0.05, 0.1) is 44.1 Å². The second-order valence-electron chi connectivity index (χ2n) is 29.1. The van der Waals surface area contributed by atoms with E-state index in [0.717, 1.165) is 78.3 Å². The highest BCUT2D eigenvalue weighted by Gasteiger charge is 2.24. The van der Waals surface area contributed by atoms with Gasteiger partial charge in [0.15, 0.2) is 34.9 Å². The van der Waals surface area contributed by atoms with Crippen molar-refractivity contribution in [1.29, 1.82) is 0 Å². The smallest absolute Gasteiger partial charge is 0.164 e. The molecule has 0 bridgehead atoms. The van der Waals surface area contributed by atoms with E-state index in [2.05, 4.69) is 330 Å². The number of fused-ring (bicyclic) bond motifs is 12. The Kier molecular flexibility index (Phi) is 15.9. The number of para-hydroxylation sites is 6. The van der Waals surface area contributed by atoms with Crippen molar-refractivity contribution in [1.82, 2.24) is 48.2 Å². The van der Waals surface area contributed by atoms with Crippen molar-refractivity contribution in [2.75, 3.05) is 0 Å². The minimum atomic E-state index is 0.0507. The maximum atomic E-state index is 5.11. The Labute approximate surface area is 635 Å². The maximum absolute atomic E-state index is 5.11. The summed E-state index contributed by atoms with van der Waals surface area (Å²) in [4.78, 5) is 30.0. The van der Waals surface area contributed by atoms with E-state index < -0.39 is 0 Å². The first-order valence-corrected chi connectivity index (χ1v) is 37.3. The molecular formula is C100H70N10. The van der Waals surface area contributed by atoms with Crippen molar-refractivity contribution < 1.29 is 0 Å². The van der Waals surface area contributed by atoms with E-state index in [4.69, 9.17) is 29.9 Å². The summed E-state index contributed by atoms with van der Waals surface area (Å²) in [7, 11) is 0. The number of benzene rings is 15. The number of aromatic nitrogens is 10. The number of hydrogen-bond donors (Lipinski definition) is 0. The minimum Gasteiger partial charge on any atom is -0.309 e. The minimum absolute atomic E-state index is 0.0507. The molecule has 0 fully saturated rings. The Morgan fingerprint density at radius 3 is 0.809 bits per heavy atom. The van der Waals surface area contributed by atoms with E-state index in [-0.39, 0.29) is 5.41 Å². The lowest BCUT2D eigenvalue weighted by atomic mass is 9.87. The van der Waals surface area contributed by atoms with Crippen LogP contribution in [0, 0.1) is 0 Å². The van der Waals surface area contributed by atoms with E-state index in [9.17, 15) is 0 Å². The summed E-state index contributed by atoms with van der Waals surface area (Å²) in [5, 5.41) is 9.88. The van der Waals surface area contributed by atoms with Gasteiger partial charge in [0.2, 0.25) is 0 Å². The third-order valence-electron chi connectivity index (χ3n) is 21.3. The molecule has 520 valence electrons. The number of hydrogen-bond acceptors (Lipinski definition) is 6. The van der Waals surface area contributed by atoms with Gasteiger partial charge in [-0.1, -0.05) is 288 Å². The van der Waals surface area contributed by atoms with Gasteiger partial charge in [-0.05, 0) is 125 Å². The predicted octanol–water partition coefficient (Wildman–Crippen LogP) is 25.1. The Hall–Kier alpha value is -14.5. The molecule has 0 amide bonds. The highest BCUT2D eigenvalue weighted by Crippen LogP contribution is 2.43. The summed E-state index contributed by atoms with van der Waals surface area (Å²) < 4.78 is 9.55. The van der Waals surface area contributed by atoms with E-state index in [0.29, 0.717) is 34.9 Å². The second kappa shape index (κ2) is 26.8. The van der Waals surface area contributed by atoms with Crippen molar-refractivity contribution >= 4 is 87.2 Å². The molecule has 21 rings (SSSR count). The maximum Gasteiger partial charge on any atom is 0.164 e. The highest BCUT2D eigenvalue weighted by molar-refractivity contribution is 6.21. The summed E-state index contributed by atoms with van der Waals surface area (Å²) in [6.45, 7) is 6.69. The molecule has 0 radical (unpaired) electrons. The Morgan fingerprint density at radius 2 is 0.436 bits per heavy atom. The van der Waals surface area contributed by atoms with Gasteiger partial charge in [-0.2, -0.15) is 0 Å². The van der Waals surface area contributed by atoms with Crippen LogP contribution in [0.2, 0.25) is 0 Å². The lowest BCUT2D eigenvalue weighted by molar-refractivity contribution is 0.590. The zero-order valence-corrected chi connectivity index (χ0v) is 60.7. The van der Waals surface area contributed by atoms with Crippen molar-refractivity contribution in [3.8, 4) is 102 Å². The quantitative estimate of drug-likeness (QED) is 0.128. The fourth-order valence-electron chi connectivity index (χ4n) is 16.0. The lowest BCUT2D eigenvalue weighted by Crippen LogP contribution is -2.10. The predicted molar refractivity (Wildman–Crippen MR) is 454 cm³/mol. The first-order valence-electron chi connectivity index (χ1n) is 37.3. The van der Waals surface area contributed by atoms with Gasteiger partial charge in [-0.3, -0.25) is 0 Å². The van der Waals surface area contributed by atoms with Gasteiger partial charge in [0.25, 0.3) is 0 Å². The molecule has 0 saturated heterocycles. The van der Waals surface area contributed by atoms with Gasteiger partial charge >= 0.3 is 0 Å². The van der Waals surface area contributed by atoms with Gasteiger partial charge in [0.1, 0.15) is 0 Å². The third kappa shape index (κ3) is 11.5. The highest BCUT2D eigenvalue weighted by atomic mass is 15.1. The van der Waals surface area contributed by atoms with Crippen molar-refractivity contribution in [2.24, 2.45) is 0 Å². The molecule has 0 aliphatic carbocycles. The summed E-state index contributed by atoms with van der Waals surface area (Å²) in [6, 6.07) is 131. The fourth-order valence-corrected chi connectivity index (χ4v) is 16.0. The first kappa shape index (κ1) is 65.1. The van der Waals surface area contributed by atoms with Crippen molar-refractivity contribution in [3.63, 3.8) is 0 Å². The molecule has 0 aliphatic heterocycles. The third-order valence-corrected chi connectivity index (χ3v) is 21.3. The standard InChI is InChI=1S/C51H33N5.C49H37N5/c1-4-15-35(16-5-1)49-52-50(36-17-6-2-7-18-36)54-51(53-49)38-20-14-19-37(31-38)34-27-29-40(30-28-34)56-46-26-13-11-24-42(46)44-32-43-41-23-10-12-25-45(41)55(47(43)33-48(44)56)39-21-8-3-9-22-39;1-49(2,3)35-27-25-33(26-28-35)47-50-46(32-15-6-4-7-16-32)51-48(52-47)34-17-14-20-37(29-34)54-43-24-13-11-22-39(43)41-30-40-38-21-10-12-23-42(38)53(44(40)31-45(41)54)36-18-8-5-9-19-36/h1-33H;4-31H,1-3H3. The number of rotatable bonds is 11. The first-order chi connectivity index (χ1) is 54.2. The SMILES string of the molecule is CC(C)(C)c1ccc(-c2nc(-c3ccccc3)nc(-c3cccc(-n4c5ccccc5c5cc6c7ccccc7n(-c7ccccc7)c6cc54)c3)n2)cc1.c1ccc(-c2nc(-c3ccccc3)nc(-c3cccc(-c4ccc(-n5c6ccccc6c6cc7c8ccccc8n(-c8ccccc8)c7cc65)cc4)c3)n2)cc1. The van der Waals surface area contributed by atoms with Gasteiger partial charge in [-0.25, -0.2) is 29.9 Å². The van der Waals surface area contributed by atoms with Crippen molar-refractivity contribution in [3.05, 3.63) is 376 Å². The van der Waals surface area contributed by atoms with E-state index in [1.807, 2.05) is 78.9 Å². The fraction of sp³-hybridized carbons (Fsp3) is 0.0400. The Morgan fingerprint density at radius 1 is 0.173 bits per heavy atom. The van der Waals surface area contributed by atoms with Crippen LogP contribution in [0.4, 0.5) is 0 Å². The molecule has 110 heavy (non-hydrogen) atoms. The van der Waals surface area contributed by atoms with Crippen LogP contribution >= 0.6 is 0 Å². The molecule has 0 saturated carbocycles. The normalized spacial score (nSPS) is 11.8. The lowest BCUT2D eigenvalue weighted by Gasteiger charge is -2.19. The molecule has 15 aromatic carbocycles. The molecule has 0 aliphatic rings. The molecule has 0 atom stereocenters. The van der Waals surface area contributed by atoms with Crippen LogP contribution < -0.4 is 0 Å². The largest absolute Gasteiger partial charge is 0.309 e. The molecule has 0 spiro atoms. The molecule has 6 heterocycles. The van der Waals surface area contributed by atoms with Crippen molar-refractivity contribution in [2.45, 2.75) is 26.2 Å². The van der Waals surface area contributed by atoms with E-state index in [1.165, 1.54) is 81.8 Å². The molecule has 0 unspecified atom stereocenters. The second-order valence-corrected chi connectivity index (χ2v) is 29.1. The zero-order valence-electron chi connectivity index (χ0n) is 60.7. The molecule has 10 heteroatoms. The Bertz CT molecular complexity index is 7020. The Balaban J connectivity index is 0.000000144. The number of nitrogens with zero attached hydrogens (tertiary/aromatic N) is 10. The topological polar surface area (TPSA) is 97.1 Å². The van der Waals surface area contributed by atoms with E-state index in [1.54, 1.807) is 0 Å². The molecule has 6 aromatic heterocycles. The zero-order chi connectivity index (χ0) is 73.4. The molecule has 0 N–H and O–H groups in total. The van der Waals surface area contributed by atoms with Gasteiger partial charge in [-0.15, -0.1) is 0 Å². The van der Waals surface area contributed by atoms with Crippen LogP contribution in [0.1, 0.15) is 26.3 Å². The average Bonchev–Trinajstić information content (AvgIpc) is 1.56. The van der Waals surface area contributed by atoms with Crippen LogP contribution in [0.15, 0.2) is 370 Å². The van der Waals surface area contributed by atoms with Crippen LogP contribution in [0.3, 0.4) is 0 Å². The van der Waals surface area contributed by atoms with Crippen LogP contribution in [0.25, 0.3) is 189 Å². The van der Waals surface area contributed by atoms with E-state index >= 15 is 0 Å². The van der Waals surface area contributed by atoms with Crippen LogP contribution in [-0.2, 0) is 5.41 Å². The van der Waals surface area contributed by atoms with Gasteiger partial charge in [0, 0.05) is 99.2 Å². The average molecular weight is 1410 g/mol. The summed E-state index contributed by atoms with van der Waals surface area (Å²) in [5.74, 6) is 3.87. The summed E-state index contributed by atoms with van der Waals surface area (Å²) in [5.41, 5.74) is 23.0. The van der Waals surface area contributed by atoms with Gasteiger partial charge < -0.3 is 18.3 Å².